The second-order valence-electron chi connectivity index (χ2n) is 7.24. The molecule has 0 fully saturated rings. The van der Waals surface area contributed by atoms with Gasteiger partial charge >= 0.3 is 6.18 Å². The van der Waals surface area contributed by atoms with E-state index in [0.717, 1.165) is 0 Å². The smallest absolute Gasteiger partial charge is 0.424 e. The minimum absolute atomic E-state index is 0.338. The third-order valence-electron chi connectivity index (χ3n) is 4.82. The molecule has 5 nitrogen and oxygen atoms in total. The van der Waals surface area contributed by atoms with Crippen LogP contribution in [0.15, 0.2) is 60.0 Å². The fourth-order valence-corrected chi connectivity index (χ4v) is 4.13. The summed E-state index contributed by atoms with van der Waals surface area (Å²) in [6.07, 6.45) is -6.28. The molecule has 3 rings (SSSR count). The van der Waals surface area contributed by atoms with Crippen LogP contribution >= 0.6 is 11.3 Å². The Bertz CT molecular complexity index is 1040. The van der Waals surface area contributed by atoms with E-state index in [1.165, 1.54) is 12.3 Å². The fourth-order valence-electron chi connectivity index (χ4n) is 3.21. The van der Waals surface area contributed by atoms with Crippen LogP contribution in [0.4, 0.5) is 13.2 Å². The van der Waals surface area contributed by atoms with Gasteiger partial charge in [0.05, 0.1) is 19.1 Å². The highest BCUT2D eigenvalue weighted by Gasteiger charge is 2.58. The van der Waals surface area contributed by atoms with E-state index in [2.05, 4.69) is 10.3 Å². The zero-order chi connectivity index (χ0) is 23.4. The van der Waals surface area contributed by atoms with Gasteiger partial charge in [0, 0.05) is 11.1 Å². The number of hydrogen-bond donors (Lipinski definition) is 2. The number of alkyl halides is 3. The number of hydrogen-bond acceptors (Lipinski definition) is 5. The highest BCUT2D eigenvalue weighted by Crippen LogP contribution is 2.43. The molecular formula is C23H23F3N2O3S. The van der Waals surface area contributed by atoms with Crippen molar-refractivity contribution in [3.63, 3.8) is 0 Å². The number of nitrogens with zero attached hydrogens (tertiary/aromatic N) is 1. The molecule has 2 N–H and O–H groups in total. The number of aliphatic hydroxyl groups is 1. The van der Waals surface area contributed by atoms with Crippen LogP contribution in [-0.4, -0.2) is 28.8 Å². The molecule has 0 saturated carbocycles. The Morgan fingerprint density at radius 2 is 1.75 bits per heavy atom. The highest BCUT2D eigenvalue weighted by atomic mass is 32.1. The van der Waals surface area contributed by atoms with Gasteiger partial charge in [-0.2, -0.15) is 13.2 Å². The van der Waals surface area contributed by atoms with Crippen molar-refractivity contribution in [2.24, 2.45) is 0 Å². The van der Waals surface area contributed by atoms with E-state index in [-0.39, 0.29) is 0 Å². The van der Waals surface area contributed by atoms with Crippen LogP contribution in [0.5, 0.6) is 5.75 Å². The molecule has 0 unspecified atom stereocenters. The van der Waals surface area contributed by atoms with Gasteiger partial charge in [-0.15, -0.1) is 11.3 Å². The first-order valence-electron chi connectivity index (χ1n) is 9.93. The van der Waals surface area contributed by atoms with Crippen LogP contribution in [0.2, 0.25) is 0 Å². The number of rotatable bonds is 8. The predicted octanol–water partition coefficient (Wildman–Crippen LogP) is 4.90. The first-order chi connectivity index (χ1) is 15.1. The number of aryl methyl sites for hydroxylation is 1. The molecule has 3 aromatic rings. The Morgan fingerprint density at radius 3 is 2.28 bits per heavy atom. The molecule has 2 atom stereocenters. The molecule has 0 aliphatic carbocycles. The summed E-state index contributed by atoms with van der Waals surface area (Å²) < 4.78 is 46.8. The first kappa shape index (κ1) is 23.7. The van der Waals surface area contributed by atoms with Crippen molar-refractivity contribution in [1.82, 2.24) is 10.3 Å². The van der Waals surface area contributed by atoms with Crippen molar-refractivity contribution < 1.29 is 27.8 Å². The molecule has 32 heavy (non-hydrogen) atoms. The zero-order valence-electron chi connectivity index (χ0n) is 17.5. The van der Waals surface area contributed by atoms with E-state index in [1.807, 2.05) is 6.92 Å². The maximum atomic E-state index is 13.8. The lowest BCUT2D eigenvalue weighted by molar-refractivity contribution is -0.267. The average molecular weight is 465 g/mol. The molecule has 1 amide bonds. The molecule has 2 aromatic carbocycles. The number of halogens is 3. The molecule has 0 aliphatic heterocycles. The molecule has 0 bridgehead atoms. The summed E-state index contributed by atoms with van der Waals surface area (Å²) in [6.45, 7) is 3.87. The minimum atomic E-state index is -5.07. The Kier molecular flexibility index (Phi) is 7.20. The van der Waals surface area contributed by atoms with E-state index < -0.39 is 35.2 Å². The number of aromatic nitrogens is 1. The van der Waals surface area contributed by atoms with Crippen LogP contribution in [0, 0.1) is 6.92 Å². The topological polar surface area (TPSA) is 71.5 Å². The molecule has 0 spiro atoms. The summed E-state index contributed by atoms with van der Waals surface area (Å²) >= 11 is 0.668. The number of benzene rings is 2. The van der Waals surface area contributed by atoms with E-state index >= 15 is 0 Å². The molecule has 170 valence electrons. The predicted molar refractivity (Wildman–Crippen MR) is 115 cm³/mol. The van der Waals surface area contributed by atoms with Gasteiger partial charge in [-0.05, 0) is 37.1 Å². The van der Waals surface area contributed by atoms with Crippen LogP contribution in [0.3, 0.4) is 0 Å². The van der Waals surface area contributed by atoms with Gasteiger partial charge < -0.3 is 15.2 Å². The molecule has 0 aliphatic rings. The van der Waals surface area contributed by atoms with Gasteiger partial charge in [-0.25, -0.2) is 4.98 Å². The number of amides is 1. The van der Waals surface area contributed by atoms with Gasteiger partial charge in [0.15, 0.2) is 0 Å². The second-order valence-corrected chi connectivity index (χ2v) is 8.10. The lowest BCUT2D eigenvalue weighted by Crippen LogP contribution is -2.46. The quantitative estimate of drug-likeness (QED) is 0.498. The monoisotopic (exact) mass is 464 g/mol. The third kappa shape index (κ3) is 5.28. The average Bonchev–Trinajstić information content (AvgIpc) is 3.19. The van der Waals surface area contributed by atoms with E-state index in [1.54, 1.807) is 54.6 Å². The number of thiazole rings is 1. The van der Waals surface area contributed by atoms with Crippen LogP contribution < -0.4 is 10.1 Å². The van der Waals surface area contributed by atoms with Crippen molar-refractivity contribution in [3.8, 4) is 5.75 Å². The molecule has 9 heteroatoms. The van der Waals surface area contributed by atoms with E-state index in [9.17, 15) is 23.1 Å². The normalized spacial score (nSPS) is 14.4. The Labute approximate surface area is 187 Å². The maximum absolute atomic E-state index is 13.8. The molecule has 0 radical (unpaired) electrons. The first-order valence-corrected chi connectivity index (χ1v) is 10.8. The lowest BCUT2D eigenvalue weighted by atomic mass is 9.96. The van der Waals surface area contributed by atoms with Gasteiger partial charge in [-0.3, -0.25) is 4.79 Å². The highest BCUT2D eigenvalue weighted by molar-refractivity contribution is 7.09. The third-order valence-corrected chi connectivity index (χ3v) is 5.93. The summed E-state index contributed by atoms with van der Waals surface area (Å²) in [5.74, 6) is -0.319. The number of ether oxygens (including phenoxy) is 1. The van der Waals surface area contributed by atoms with Crippen molar-refractivity contribution in [2.45, 2.75) is 38.1 Å². The summed E-state index contributed by atoms with van der Waals surface area (Å²) in [7, 11) is 0. The number of carbonyl (C=O) groups excluding carboxylic acids is 1. The van der Waals surface area contributed by atoms with Crippen molar-refractivity contribution in [2.75, 3.05) is 6.61 Å². The molecule has 1 heterocycles. The second kappa shape index (κ2) is 9.70. The Balaban J connectivity index is 1.89. The van der Waals surface area contributed by atoms with Crippen molar-refractivity contribution >= 4 is 17.2 Å². The van der Waals surface area contributed by atoms with Crippen molar-refractivity contribution in [3.05, 3.63) is 81.8 Å². The molecule has 1 aromatic heterocycles. The standard InChI is InChI=1S/C23H23F3N2O3S/c1-3-31-18-11-9-17(10-12-18)20(16-7-5-4-6-8-16)28-19(29)13-22(30,23(24,25)26)21-27-15(2)14-32-21/h4-12,14,20,30H,3,13H2,1-2H3,(H,28,29)/t20-,22-/m1/s1. The summed E-state index contributed by atoms with van der Waals surface area (Å²) in [5.41, 5.74) is -1.69. The zero-order valence-corrected chi connectivity index (χ0v) is 18.3. The summed E-state index contributed by atoms with van der Waals surface area (Å²) in [4.78, 5) is 16.6. The lowest BCUT2D eigenvalue weighted by Gasteiger charge is -2.29. The Morgan fingerprint density at radius 1 is 1.12 bits per heavy atom. The van der Waals surface area contributed by atoms with Crippen LogP contribution in [-0.2, 0) is 10.4 Å². The van der Waals surface area contributed by atoms with Gasteiger partial charge in [0.25, 0.3) is 0 Å². The molecule has 0 saturated heterocycles. The van der Waals surface area contributed by atoms with Crippen LogP contribution in [0.25, 0.3) is 0 Å². The van der Waals surface area contributed by atoms with Gasteiger partial charge in [-0.1, -0.05) is 42.5 Å². The molecular weight excluding hydrogens is 441 g/mol. The fraction of sp³-hybridized carbons (Fsp3) is 0.304. The summed E-state index contributed by atoms with van der Waals surface area (Å²) in [6, 6.07) is 15.1. The van der Waals surface area contributed by atoms with Gasteiger partial charge in [0.1, 0.15) is 10.8 Å². The van der Waals surface area contributed by atoms with E-state index in [0.29, 0.717) is 40.5 Å². The maximum Gasteiger partial charge on any atom is 0.424 e. The van der Waals surface area contributed by atoms with E-state index in [4.69, 9.17) is 4.74 Å². The number of nitrogens with one attached hydrogen (secondary N) is 1. The van der Waals surface area contributed by atoms with Gasteiger partial charge in [0.2, 0.25) is 11.5 Å². The van der Waals surface area contributed by atoms with Crippen molar-refractivity contribution in [1.29, 1.82) is 0 Å². The largest absolute Gasteiger partial charge is 0.494 e. The SMILES string of the molecule is CCOc1ccc([C@H](NC(=O)C[C@@](O)(c2nc(C)cs2)C(F)(F)F)c2ccccc2)cc1. The summed E-state index contributed by atoms with van der Waals surface area (Å²) in [5, 5.41) is 14.0. The van der Waals surface area contributed by atoms with Crippen LogP contribution in [0.1, 0.15) is 41.2 Å². The minimum Gasteiger partial charge on any atom is -0.494 e. The number of carbonyl (C=O) groups is 1. The Hall–Kier alpha value is -2.91.